The number of benzene rings is 1. The van der Waals surface area contributed by atoms with E-state index in [2.05, 4.69) is 69.9 Å². The van der Waals surface area contributed by atoms with E-state index in [-0.39, 0.29) is 5.41 Å². The molecule has 0 radical (unpaired) electrons. The molecule has 4 aromatic rings. The van der Waals surface area contributed by atoms with Crippen LogP contribution in [0.5, 0.6) is 0 Å². The first-order valence-corrected chi connectivity index (χ1v) is 9.59. The van der Waals surface area contributed by atoms with Crippen LogP contribution >= 0.6 is 0 Å². The van der Waals surface area contributed by atoms with E-state index in [4.69, 9.17) is 9.40 Å². The van der Waals surface area contributed by atoms with Crippen LogP contribution in [0.4, 0.5) is 0 Å². The fraction of sp³-hybridized carbons (Fsp3) is 0.333. The quantitative estimate of drug-likeness (QED) is 0.417. The van der Waals surface area contributed by atoms with Crippen LogP contribution in [0.3, 0.4) is 0 Å². The van der Waals surface area contributed by atoms with Crippen LogP contribution in [0.1, 0.15) is 45.9 Å². The maximum absolute atomic E-state index is 5.78. The van der Waals surface area contributed by atoms with Crippen LogP contribution in [0, 0.1) is 5.92 Å². The van der Waals surface area contributed by atoms with Crippen LogP contribution in [-0.2, 0) is 11.8 Å². The number of hydrogen-bond acceptors (Lipinski definition) is 3. The van der Waals surface area contributed by atoms with Crippen LogP contribution in [-0.4, -0.2) is 9.97 Å². The van der Waals surface area contributed by atoms with E-state index in [0.29, 0.717) is 5.92 Å². The zero-order valence-electron chi connectivity index (χ0n) is 16.7. The molecule has 3 heteroatoms. The number of nitrogens with zero attached hydrogens (tertiary/aromatic N) is 2. The van der Waals surface area contributed by atoms with Gasteiger partial charge in [-0.1, -0.05) is 40.7 Å². The number of pyridine rings is 2. The predicted octanol–water partition coefficient (Wildman–Crippen LogP) is 6.54. The molecule has 27 heavy (non-hydrogen) atoms. The fourth-order valence-electron chi connectivity index (χ4n) is 3.54. The van der Waals surface area contributed by atoms with Gasteiger partial charge in [-0.3, -0.25) is 4.98 Å². The van der Waals surface area contributed by atoms with Crippen LogP contribution in [0.2, 0.25) is 0 Å². The van der Waals surface area contributed by atoms with E-state index in [1.54, 1.807) is 6.26 Å². The summed E-state index contributed by atoms with van der Waals surface area (Å²) in [7, 11) is 0. The topological polar surface area (TPSA) is 38.9 Å². The number of fused-ring (bicyclic) bond motifs is 3. The number of rotatable bonds is 3. The summed E-state index contributed by atoms with van der Waals surface area (Å²) in [5.74, 6) is 0.565. The molecule has 0 aliphatic carbocycles. The minimum atomic E-state index is 0.0793. The van der Waals surface area contributed by atoms with Crippen molar-refractivity contribution in [3.05, 3.63) is 60.1 Å². The summed E-state index contributed by atoms with van der Waals surface area (Å²) in [4.78, 5) is 9.63. The van der Waals surface area contributed by atoms with Gasteiger partial charge in [0.2, 0.25) is 0 Å². The third-order valence-corrected chi connectivity index (χ3v) is 4.97. The first kappa shape index (κ1) is 17.7. The Morgan fingerprint density at radius 2 is 1.85 bits per heavy atom. The van der Waals surface area contributed by atoms with Gasteiger partial charge in [-0.2, -0.15) is 0 Å². The van der Waals surface area contributed by atoms with Crippen molar-refractivity contribution in [2.75, 3.05) is 0 Å². The summed E-state index contributed by atoms with van der Waals surface area (Å²) >= 11 is 0. The van der Waals surface area contributed by atoms with Gasteiger partial charge >= 0.3 is 0 Å². The van der Waals surface area contributed by atoms with Crippen LogP contribution < -0.4 is 0 Å². The highest BCUT2D eigenvalue weighted by molar-refractivity contribution is 6.09. The maximum atomic E-state index is 5.78. The minimum Gasteiger partial charge on any atom is -0.462 e. The molecule has 0 aliphatic heterocycles. The van der Waals surface area contributed by atoms with E-state index in [0.717, 1.165) is 45.2 Å². The summed E-state index contributed by atoms with van der Waals surface area (Å²) in [6, 6.07) is 12.8. The first-order chi connectivity index (χ1) is 12.8. The van der Waals surface area contributed by atoms with E-state index in [9.17, 15) is 0 Å². The molecule has 0 atom stereocenters. The first-order valence-electron chi connectivity index (χ1n) is 9.59. The molecule has 3 nitrogen and oxygen atoms in total. The highest BCUT2D eigenvalue weighted by Gasteiger charge is 2.17. The monoisotopic (exact) mass is 358 g/mol. The standard InChI is InChI=1S/C24H26N2O/c1-15(2)12-18-6-7-19-20(13-16-9-11-27-23(16)22(19)26-18)21-14-17(8-10-25-21)24(3,4)5/h6-11,13-15H,12H2,1-5H3. The lowest BCUT2D eigenvalue weighted by Gasteiger charge is -2.19. The van der Waals surface area contributed by atoms with E-state index in [1.165, 1.54) is 5.56 Å². The number of furan rings is 1. The van der Waals surface area contributed by atoms with Crippen molar-refractivity contribution < 1.29 is 4.42 Å². The van der Waals surface area contributed by atoms with Crippen LogP contribution in [0.15, 0.2) is 53.3 Å². The van der Waals surface area contributed by atoms with Gasteiger partial charge in [0.05, 0.1) is 12.0 Å². The van der Waals surface area contributed by atoms with Gasteiger partial charge < -0.3 is 4.42 Å². The molecule has 0 bridgehead atoms. The zero-order valence-corrected chi connectivity index (χ0v) is 16.7. The van der Waals surface area contributed by atoms with Crippen LogP contribution in [0.25, 0.3) is 33.1 Å². The van der Waals surface area contributed by atoms with E-state index >= 15 is 0 Å². The second-order valence-electron chi connectivity index (χ2n) is 8.74. The minimum absolute atomic E-state index is 0.0793. The Hall–Kier alpha value is -2.68. The average molecular weight is 358 g/mol. The molecule has 0 fully saturated rings. The predicted molar refractivity (Wildman–Crippen MR) is 112 cm³/mol. The Morgan fingerprint density at radius 1 is 1.04 bits per heavy atom. The van der Waals surface area contributed by atoms with E-state index in [1.807, 2.05) is 12.3 Å². The third kappa shape index (κ3) is 3.34. The summed E-state index contributed by atoms with van der Waals surface area (Å²) < 4.78 is 5.78. The number of hydrogen-bond donors (Lipinski definition) is 0. The molecule has 3 heterocycles. The largest absolute Gasteiger partial charge is 0.462 e. The van der Waals surface area contributed by atoms with Crippen molar-refractivity contribution in [3.63, 3.8) is 0 Å². The molecule has 0 aliphatic rings. The lowest BCUT2D eigenvalue weighted by Crippen LogP contribution is -2.11. The lowest BCUT2D eigenvalue weighted by molar-refractivity contribution is 0.589. The Bertz CT molecular complexity index is 1120. The highest BCUT2D eigenvalue weighted by atomic mass is 16.3. The summed E-state index contributed by atoms with van der Waals surface area (Å²) in [6.45, 7) is 11.1. The highest BCUT2D eigenvalue weighted by Crippen LogP contribution is 2.35. The molecule has 0 saturated carbocycles. The molecular formula is C24H26N2O. The molecule has 0 spiro atoms. The smallest absolute Gasteiger partial charge is 0.160 e. The van der Waals surface area contributed by atoms with Gasteiger partial charge in [0.25, 0.3) is 0 Å². The second kappa shape index (κ2) is 6.49. The van der Waals surface area contributed by atoms with Crippen molar-refractivity contribution in [3.8, 4) is 11.3 Å². The van der Waals surface area contributed by atoms with Crippen molar-refractivity contribution in [2.24, 2.45) is 5.92 Å². The number of aromatic nitrogens is 2. The van der Waals surface area contributed by atoms with Crippen molar-refractivity contribution in [2.45, 2.75) is 46.5 Å². The molecule has 138 valence electrons. The van der Waals surface area contributed by atoms with Gasteiger partial charge in [0, 0.05) is 28.2 Å². The van der Waals surface area contributed by atoms with E-state index < -0.39 is 0 Å². The van der Waals surface area contributed by atoms with Crippen molar-refractivity contribution in [1.29, 1.82) is 0 Å². The van der Waals surface area contributed by atoms with Gasteiger partial charge in [-0.15, -0.1) is 0 Å². The fourth-order valence-corrected chi connectivity index (χ4v) is 3.54. The van der Waals surface area contributed by atoms with Gasteiger partial charge in [-0.25, -0.2) is 4.98 Å². The normalized spacial score (nSPS) is 12.4. The van der Waals surface area contributed by atoms with Crippen molar-refractivity contribution in [1.82, 2.24) is 9.97 Å². The van der Waals surface area contributed by atoms with Gasteiger partial charge in [-0.05, 0) is 53.6 Å². The Morgan fingerprint density at radius 3 is 2.59 bits per heavy atom. The molecular weight excluding hydrogens is 332 g/mol. The zero-order chi connectivity index (χ0) is 19.2. The SMILES string of the molecule is CC(C)Cc1ccc2c(-c3cc(C(C)(C)C)ccn3)cc3ccoc3c2n1. The Labute approximate surface area is 160 Å². The molecule has 0 N–H and O–H groups in total. The third-order valence-electron chi connectivity index (χ3n) is 4.97. The summed E-state index contributed by atoms with van der Waals surface area (Å²) in [5, 5.41) is 2.15. The lowest BCUT2D eigenvalue weighted by atomic mass is 9.86. The second-order valence-corrected chi connectivity index (χ2v) is 8.74. The Kier molecular flexibility index (Phi) is 4.26. The molecule has 4 rings (SSSR count). The summed E-state index contributed by atoms with van der Waals surface area (Å²) in [6.07, 6.45) is 4.60. The summed E-state index contributed by atoms with van der Waals surface area (Å²) in [5.41, 5.74) is 6.32. The molecule has 0 unspecified atom stereocenters. The van der Waals surface area contributed by atoms with Gasteiger partial charge in [0.15, 0.2) is 5.58 Å². The Balaban J connectivity index is 1.97. The molecule has 0 saturated heterocycles. The van der Waals surface area contributed by atoms with Crippen molar-refractivity contribution >= 4 is 21.9 Å². The average Bonchev–Trinajstić information content (AvgIpc) is 3.08. The maximum Gasteiger partial charge on any atom is 0.160 e. The molecule has 3 aromatic heterocycles. The molecule has 1 aromatic carbocycles. The van der Waals surface area contributed by atoms with Gasteiger partial charge in [0.1, 0.15) is 5.52 Å². The molecule has 0 amide bonds.